The van der Waals surface area contributed by atoms with E-state index in [0.29, 0.717) is 19.0 Å². The fourth-order valence-corrected chi connectivity index (χ4v) is 8.18. The number of ether oxygens (including phenoxy) is 2. The van der Waals surface area contributed by atoms with Gasteiger partial charge >= 0.3 is 12.2 Å². The van der Waals surface area contributed by atoms with E-state index in [1.54, 1.807) is 11.8 Å². The molecule has 55 heavy (non-hydrogen) atoms. The molecule has 8 rings (SSSR count). The number of carbonyl (C=O) groups excluding carboxylic acids is 3. The van der Waals surface area contributed by atoms with Gasteiger partial charge in [-0.15, -0.1) is 0 Å². The summed E-state index contributed by atoms with van der Waals surface area (Å²) in [5.41, 5.74) is 12.2. The van der Waals surface area contributed by atoms with Crippen LogP contribution in [0.15, 0.2) is 54.6 Å². The molecule has 14 nitrogen and oxygen atoms in total. The number of nitrogens with zero attached hydrogens (tertiary/aromatic N) is 4. The first-order valence-corrected chi connectivity index (χ1v) is 19.2. The Morgan fingerprint density at radius 1 is 0.873 bits per heavy atom. The van der Waals surface area contributed by atoms with Crippen LogP contribution >= 0.6 is 0 Å². The summed E-state index contributed by atoms with van der Waals surface area (Å²) in [5.74, 6) is 2.03. The van der Waals surface area contributed by atoms with Crippen molar-refractivity contribution < 1.29 is 23.9 Å². The molecule has 3 aromatic heterocycles. The van der Waals surface area contributed by atoms with Gasteiger partial charge in [-0.2, -0.15) is 0 Å². The Hall–Kier alpha value is -5.76. The molecule has 3 amide bonds. The number of hydrogen-bond donors (Lipinski definition) is 5. The highest BCUT2D eigenvalue weighted by Crippen LogP contribution is 2.39. The first kappa shape index (κ1) is 36.2. The van der Waals surface area contributed by atoms with Crippen LogP contribution < -0.4 is 16.4 Å². The maximum atomic E-state index is 13.3. The molecule has 0 spiro atoms. The van der Waals surface area contributed by atoms with E-state index in [0.717, 1.165) is 112 Å². The molecule has 0 unspecified atom stereocenters. The molecule has 2 aliphatic rings. The van der Waals surface area contributed by atoms with Gasteiger partial charge in [0.1, 0.15) is 17.7 Å². The van der Waals surface area contributed by atoms with Crippen molar-refractivity contribution in [2.45, 2.75) is 75.9 Å². The number of aromatic amines is 2. The van der Waals surface area contributed by atoms with Crippen LogP contribution in [0.3, 0.4) is 0 Å². The SMILES string of the molecule is COC(=O)N[C@@H](C)C(=O)N1CCC[C@H]1c1nc2ccc3cc(-c4ccc5c(ccc6nc([C@H](CCCN)C[C@@H](NC(=O)OC)C7CC7)[nH]c65)n4)ccc3c2[nH]1. The van der Waals surface area contributed by atoms with Gasteiger partial charge in [0.15, 0.2) is 0 Å². The molecule has 286 valence electrons. The molecule has 0 radical (unpaired) electrons. The number of rotatable bonds is 12. The molecule has 1 saturated carbocycles. The van der Waals surface area contributed by atoms with Crippen molar-refractivity contribution in [3.63, 3.8) is 0 Å². The minimum Gasteiger partial charge on any atom is -0.453 e. The molecule has 3 aromatic carbocycles. The third kappa shape index (κ3) is 7.25. The van der Waals surface area contributed by atoms with Crippen molar-refractivity contribution in [3.8, 4) is 11.3 Å². The summed E-state index contributed by atoms with van der Waals surface area (Å²) in [6.07, 6.45) is 5.29. The third-order valence-corrected chi connectivity index (χ3v) is 11.2. The van der Waals surface area contributed by atoms with Gasteiger partial charge in [0.25, 0.3) is 0 Å². The average Bonchev–Trinajstić information content (AvgIpc) is 3.56. The fourth-order valence-electron chi connectivity index (χ4n) is 8.18. The highest BCUT2D eigenvalue weighted by molar-refractivity contribution is 6.06. The van der Waals surface area contributed by atoms with E-state index >= 15 is 0 Å². The Balaban J connectivity index is 1.05. The van der Waals surface area contributed by atoms with Crippen LogP contribution in [0.4, 0.5) is 9.59 Å². The zero-order valence-corrected chi connectivity index (χ0v) is 31.4. The Bertz CT molecular complexity index is 2400. The van der Waals surface area contributed by atoms with Crippen molar-refractivity contribution >= 4 is 61.8 Å². The number of fused-ring (bicyclic) bond motifs is 6. The van der Waals surface area contributed by atoms with Crippen molar-refractivity contribution in [3.05, 3.63) is 66.2 Å². The van der Waals surface area contributed by atoms with Crippen molar-refractivity contribution in [2.75, 3.05) is 27.3 Å². The zero-order valence-electron chi connectivity index (χ0n) is 31.4. The molecule has 4 heterocycles. The van der Waals surface area contributed by atoms with Gasteiger partial charge in [0, 0.05) is 34.8 Å². The number of benzene rings is 3. The average molecular weight is 746 g/mol. The summed E-state index contributed by atoms with van der Waals surface area (Å²) in [5, 5.41) is 8.71. The molecule has 1 aliphatic carbocycles. The molecule has 6 aromatic rings. The van der Waals surface area contributed by atoms with Crippen LogP contribution in [0, 0.1) is 5.92 Å². The largest absolute Gasteiger partial charge is 0.453 e. The molecular weight excluding hydrogens is 699 g/mol. The Kier molecular flexibility index (Phi) is 9.99. The lowest BCUT2D eigenvalue weighted by Gasteiger charge is -2.26. The second-order valence-corrected chi connectivity index (χ2v) is 14.9. The number of carbonyl (C=O) groups is 3. The monoisotopic (exact) mass is 745 g/mol. The number of pyridine rings is 1. The molecule has 14 heteroatoms. The number of imidazole rings is 2. The number of nitrogens with one attached hydrogen (secondary N) is 4. The number of likely N-dealkylation sites (tertiary alicyclic amines) is 1. The van der Waals surface area contributed by atoms with Gasteiger partial charge in [0.2, 0.25) is 5.91 Å². The maximum absolute atomic E-state index is 13.3. The Labute approximate surface area is 317 Å². The van der Waals surface area contributed by atoms with Crippen LogP contribution in [0.2, 0.25) is 0 Å². The number of methoxy groups -OCH3 is 2. The van der Waals surface area contributed by atoms with Crippen LogP contribution in [0.25, 0.3) is 55.0 Å². The molecule has 0 bridgehead atoms. The number of nitrogens with two attached hydrogens (primary N) is 1. The topological polar surface area (TPSA) is 193 Å². The maximum Gasteiger partial charge on any atom is 0.407 e. The Morgan fingerprint density at radius 2 is 1.60 bits per heavy atom. The second kappa shape index (κ2) is 15.2. The number of H-pyrrole nitrogens is 2. The zero-order chi connectivity index (χ0) is 38.2. The summed E-state index contributed by atoms with van der Waals surface area (Å²) < 4.78 is 9.60. The van der Waals surface area contributed by atoms with Crippen molar-refractivity contribution in [1.82, 2.24) is 40.5 Å². The van der Waals surface area contributed by atoms with Crippen LogP contribution in [0.5, 0.6) is 0 Å². The summed E-state index contributed by atoms with van der Waals surface area (Å²) >= 11 is 0. The van der Waals surface area contributed by atoms with E-state index < -0.39 is 18.2 Å². The lowest BCUT2D eigenvalue weighted by molar-refractivity contribution is -0.134. The molecule has 2 fully saturated rings. The standard InChI is InChI=1S/C41H47N9O5/c1-22(43-40(52)54-2)39(51)50-19-5-7-34(50)38-46-31-14-11-24-20-25(10-12-27(24)35(31)49-38)29-15-13-28-30(44-29)16-17-32-36(28)48-37(45-32)26(6-4-18-42)21-33(23-8-9-23)47-41(53)55-3/h10-17,20,22-23,26,33-34H,4-9,18-19,21,42H2,1-3H3,(H,43,52)(H,45,48)(H,46,49)(H,47,53)/t22-,26+,33+,34-/m0/s1. The van der Waals surface area contributed by atoms with Gasteiger partial charge in [-0.05, 0) is 106 Å². The normalized spacial score (nSPS) is 17.5. The predicted molar refractivity (Wildman–Crippen MR) is 210 cm³/mol. The van der Waals surface area contributed by atoms with Gasteiger partial charge in [-0.3, -0.25) is 4.79 Å². The quantitative estimate of drug-likeness (QED) is 0.0922. The highest BCUT2D eigenvalue weighted by atomic mass is 16.5. The van der Waals surface area contributed by atoms with E-state index in [2.05, 4.69) is 55.7 Å². The highest BCUT2D eigenvalue weighted by Gasteiger charge is 2.36. The van der Waals surface area contributed by atoms with Crippen LogP contribution in [-0.4, -0.2) is 87.3 Å². The van der Waals surface area contributed by atoms with E-state index in [1.807, 2.05) is 24.3 Å². The second-order valence-electron chi connectivity index (χ2n) is 14.9. The first-order chi connectivity index (χ1) is 26.7. The van der Waals surface area contributed by atoms with E-state index in [1.165, 1.54) is 14.2 Å². The van der Waals surface area contributed by atoms with Gasteiger partial charge in [-0.25, -0.2) is 24.5 Å². The van der Waals surface area contributed by atoms with E-state index in [4.69, 9.17) is 25.4 Å². The fraction of sp³-hybridized carbons (Fsp3) is 0.415. The summed E-state index contributed by atoms with van der Waals surface area (Å²) in [7, 11) is 2.68. The third-order valence-electron chi connectivity index (χ3n) is 11.2. The van der Waals surface area contributed by atoms with Gasteiger partial charge in [-0.1, -0.05) is 18.2 Å². The lowest BCUT2D eigenvalue weighted by Crippen LogP contribution is -2.46. The number of hydrogen-bond acceptors (Lipinski definition) is 9. The number of aromatic nitrogens is 5. The van der Waals surface area contributed by atoms with Gasteiger partial charge in [0.05, 0.1) is 53.5 Å². The number of amides is 3. The molecule has 6 N–H and O–H groups in total. The van der Waals surface area contributed by atoms with E-state index in [-0.39, 0.29) is 23.9 Å². The molecule has 1 saturated heterocycles. The lowest BCUT2D eigenvalue weighted by atomic mass is 9.92. The predicted octanol–water partition coefficient (Wildman–Crippen LogP) is 6.56. The van der Waals surface area contributed by atoms with E-state index in [9.17, 15) is 14.4 Å². The smallest absolute Gasteiger partial charge is 0.407 e. The van der Waals surface area contributed by atoms with Crippen LogP contribution in [-0.2, 0) is 14.3 Å². The first-order valence-electron chi connectivity index (χ1n) is 19.2. The minimum atomic E-state index is -0.713. The van der Waals surface area contributed by atoms with Gasteiger partial charge < -0.3 is 40.7 Å². The summed E-state index contributed by atoms with van der Waals surface area (Å²) in [6, 6.07) is 17.7. The Morgan fingerprint density at radius 3 is 2.38 bits per heavy atom. The molecule has 4 atom stereocenters. The number of alkyl carbamates (subject to hydrolysis) is 2. The van der Waals surface area contributed by atoms with Crippen molar-refractivity contribution in [2.24, 2.45) is 11.7 Å². The summed E-state index contributed by atoms with van der Waals surface area (Å²) in [4.78, 5) is 61.1. The minimum absolute atomic E-state index is 0.0261. The molecular formula is C41H47N9O5. The summed E-state index contributed by atoms with van der Waals surface area (Å²) in [6.45, 7) is 2.85. The van der Waals surface area contributed by atoms with Crippen molar-refractivity contribution in [1.29, 1.82) is 0 Å². The molecule has 1 aliphatic heterocycles. The van der Waals surface area contributed by atoms with Crippen LogP contribution in [0.1, 0.15) is 75.5 Å².